The molecule has 0 rings (SSSR count). The van der Waals surface area contributed by atoms with Crippen LogP contribution in [0.15, 0.2) is 0 Å². The molecule has 0 aliphatic rings. The van der Waals surface area contributed by atoms with Gasteiger partial charge in [-0.15, -0.1) is 0 Å². The van der Waals surface area contributed by atoms with E-state index >= 15 is 0 Å². The second-order valence-electron chi connectivity index (χ2n) is 4.05. The van der Waals surface area contributed by atoms with Gasteiger partial charge in [0.15, 0.2) is 6.04 Å². The van der Waals surface area contributed by atoms with Crippen LogP contribution in [0.3, 0.4) is 0 Å². The number of carbonyl (C=O) groups excluding carboxylic acids is 3. The number of hydrogen-bond donors (Lipinski definition) is 3. The third kappa shape index (κ3) is 6.69. The number of carboxylic acid groups (broad SMARTS) is 1. The van der Waals surface area contributed by atoms with Crippen molar-refractivity contribution in [2.45, 2.75) is 39.0 Å². The largest absolute Gasteiger partial charge is 0.480 e. The number of rotatable bonds is 7. The first-order chi connectivity index (χ1) is 9.15. The second kappa shape index (κ2) is 8.10. The average molecular weight is 290 g/mol. The van der Waals surface area contributed by atoms with Crippen LogP contribution in [0.2, 0.25) is 0 Å². The summed E-state index contributed by atoms with van der Waals surface area (Å²) < 4.78 is 9.23. The van der Waals surface area contributed by atoms with Gasteiger partial charge in [-0.25, -0.2) is 4.79 Å². The molecule has 20 heavy (non-hydrogen) atoms. The van der Waals surface area contributed by atoms with Gasteiger partial charge in [-0.1, -0.05) is 0 Å². The first-order valence-electron chi connectivity index (χ1n) is 5.74. The molecule has 0 aliphatic heterocycles. The molecule has 9 nitrogen and oxygen atoms in total. The van der Waals surface area contributed by atoms with Crippen molar-refractivity contribution in [2.75, 3.05) is 6.61 Å². The molecule has 0 aromatic heterocycles. The Bertz CT molecular complexity index is 396. The molecule has 0 spiro atoms. The Morgan fingerprint density at radius 2 is 1.75 bits per heavy atom. The Labute approximate surface area is 115 Å². The molecule has 4 N–H and O–H groups in total. The minimum Gasteiger partial charge on any atom is -0.480 e. The van der Waals surface area contributed by atoms with E-state index in [0.29, 0.717) is 0 Å². The van der Waals surface area contributed by atoms with Crippen molar-refractivity contribution in [2.24, 2.45) is 5.73 Å². The highest BCUT2D eigenvalue weighted by Crippen LogP contribution is 2.01. The SMILES string of the molecule is CC(=O)OCC(N)C(=O)NC(C(=O)O)C(C)OC(C)=O. The first kappa shape index (κ1) is 17.8. The Kier molecular flexibility index (Phi) is 7.22. The average Bonchev–Trinajstić information content (AvgIpc) is 2.30. The molecule has 0 saturated heterocycles. The van der Waals surface area contributed by atoms with E-state index in [1.807, 2.05) is 0 Å². The Morgan fingerprint density at radius 3 is 2.15 bits per heavy atom. The standard InChI is InChI=1S/C11H18N2O7/c1-5(20-7(3)15)9(11(17)18)13-10(16)8(12)4-19-6(2)14/h5,8-9H,4,12H2,1-3H3,(H,13,16)(H,17,18). The number of nitrogens with one attached hydrogen (secondary N) is 1. The summed E-state index contributed by atoms with van der Waals surface area (Å²) in [5, 5.41) is 11.1. The number of hydrogen-bond acceptors (Lipinski definition) is 7. The highest BCUT2D eigenvalue weighted by molar-refractivity contribution is 5.87. The van der Waals surface area contributed by atoms with Crippen molar-refractivity contribution in [3.8, 4) is 0 Å². The summed E-state index contributed by atoms with van der Waals surface area (Å²) in [6.45, 7) is 3.20. The summed E-state index contributed by atoms with van der Waals surface area (Å²) in [6, 6.07) is -2.67. The molecule has 0 aromatic carbocycles. The lowest BCUT2D eigenvalue weighted by atomic mass is 10.1. The van der Waals surface area contributed by atoms with Crippen LogP contribution in [-0.2, 0) is 28.7 Å². The third-order valence-electron chi connectivity index (χ3n) is 2.19. The quantitative estimate of drug-likeness (QED) is 0.475. The minimum absolute atomic E-state index is 0.380. The van der Waals surface area contributed by atoms with E-state index < -0.39 is 42.0 Å². The Balaban J connectivity index is 4.58. The van der Waals surface area contributed by atoms with Crippen LogP contribution >= 0.6 is 0 Å². The molecular formula is C11H18N2O7. The van der Waals surface area contributed by atoms with Gasteiger partial charge in [0.25, 0.3) is 0 Å². The topological polar surface area (TPSA) is 145 Å². The lowest BCUT2D eigenvalue weighted by Gasteiger charge is -2.22. The zero-order chi connectivity index (χ0) is 15.9. The van der Waals surface area contributed by atoms with Crippen LogP contribution in [0.5, 0.6) is 0 Å². The third-order valence-corrected chi connectivity index (χ3v) is 2.19. The van der Waals surface area contributed by atoms with Gasteiger partial charge in [0.2, 0.25) is 5.91 Å². The van der Waals surface area contributed by atoms with Gasteiger partial charge in [0.05, 0.1) is 0 Å². The smallest absolute Gasteiger partial charge is 0.330 e. The van der Waals surface area contributed by atoms with Crippen LogP contribution in [0.4, 0.5) is 0 Å². The van der Waals surface area contributed by atoms with Gasteiger partial charge in [-0.2, -0.15) is 0 Å². The molecule has 0 saturated carbocycles. The summed E-state index contributed by atoms with van der Waals surface area (Å²) in [5.41, 5.74) is 5.43. The van der Waals surface area contributed by atoms with E-state index in [9.17, 15) is 19.2 Å². The fraction of sp³-hybridized carbons (Fsp3) is 0.636. The maximum Gasteiger partial charge on any atom is 0.330 e. The van der Waals surface area contributed by atoms with E-state index in [2.05, 4.69) is 10.1 Å². The molecule has 0 aromatic rings. The van der Waals surface area contributed by atoms with Crippen LogP contribution in [0.1, 0.15) is 20.8 Å². The number of carbonyl (C=O) groups is 4. The molecule has 0 heterocycles. The van der Waals surface area contributed by atoms with E-state index in [1.165, 1.54) is 6.92 Å². The van der Waals surface area contributed by atoms with Crippen molar-refractivity contribution >= 4 is 23.8 Å². The van der Waals surface area contributed by atoms with Gasteiger partial charge in [0.1, 0.15) is 18.8 Å². The maximum atomic E-state index is 11.6. The van der Waals surface area contributed by atoms with E-state index in [1.54, 1.807) is 0 Å². The maximum absolute atomic E-state index is 11.6. The Hall–Kier alpha value is -2.16. The van der Waals surface area contributed by atoms with Gasteiger partial charge >= 0.3 is 17.9 Å². The van der Waals surface area contributed by atoms with Crippen LogP contribution in [0.25, 0.3) is 0 Å². The summed E-state index contributed by atoms with van der Waals surface area (Å²) in [7, 11) is 0. The molecule has 0 fully saturated rings. The van der Waals surface area contributed by atoms with Gasteiger partial charge in [0, 0.05) is 13.8 Å². The number of aliphatic carboxylic acids is 1. The van der Waals surface area contributed by atoms with E-state index in [-0.39, 0.29) is 6.61 Å². The first-order valence-corrected chi connectivity index (χ1v) is 5.74. The summed E-state index contributed by atoms with van der Waals surface area (Å²) >= 11 is 0. The van der Waals surface area contributed by atoms with Crippen molar-refractivity contribution in [3.63, 3.8) is 0 Å². The van der Waals surface area contributed by atoms with Crippen LogP contribution in [0, 0.1) is 0 Å². The normalized spacial score (nSPS) is 14.6. The van der Waals surface area contributed by atoms with E-state index in [0.717, 1.165) is 13.8 Å². The molecule has 0 radical (unpaired) electrons. The van der Waals surface area contributed by atoms with Crippen LogP contribution in [-0.4, -0.2) is 53.7 Å². The summed E-state index contributed by atoms with van der Waals surface area (Å²) in [5.74, 6) is -3.51. The second-order valence-corrected chi connectivity index (χ2v) is 4.05. The van der Waals surface area contributed by atoms with Crippen molar-refractivity contribution in [3.05, 3.63) is 0 Å². The number of nitrogens with two attached hydrogens (primary N) is 1. The fourth-order valence-electron chi connectivity index (χ4n) is 1.25. The van der Waals surface area contributed by atoms with Crippen molar-refractivity contribution < 1.29 is 33.8 Å². The van der Waals surface area contributed by atoms with Crippen LogP contribution < -0.4 is 11.1 Å². The molecule has 114 valence electrons. The van der Waals surface area contributed by atoms with Gasteiger partial charge < -0.3 is 25.6 Å². The molecular weight excluding hydrogens is 272 g/mol. The number of ether oxygens (including phenoxy) is 2. The number of amides is 1. The predicted octanol–water partition coefficient (Wildman–Crippen LogP) is -1.60. The molecule has 9 heteroatoms. The highest BCUT2D eigenvalue weighted by atomic mass is 16.5. The highest BCUT2D eigenvalue weighted by Gasteiger charge is 2.30. The van der Waals surface area contributed by atoms with Gasteiger partial charge in [-0.3, -0.25) is 14.4 Å². The number of carboxylic acids is 1. The molecule has 3 unspecified atom stereocenters. The van der Waals surface area contributed by atoms with Crippen molar-refractivity contribution in [1.29, 1.82) is 0 Å². The van der Waals surface area contributed by atoms with E-state index in [4.69, 9.17) is 15.6 Å². The summed E-state index contributed by atoms with van der Waals surface area (Å²) in [4.78, 5) is 44.0. The molecule has 3 atom stereocenters. The lowest BCUT2D eigenvalue weighted by Crippen LogP contribution is -2.54. The van der Waals surface area contributed by atoms with Crippen molar-refractivity contribution in [1.82, 2.24) is 5.32 Å². The molecule has 1 amide bonds. The fourth-order valence-corrected chi connectivity index (χ4v) is 1.25. The minimum atomic E-state index is -1.45. The molecule has 0 aliphatic carbocycles. The zero-order valence-corrected chi connectivity index (χ0v) is 11.4. The zero-order valence-electron chi connectivity index (χ0n) is 11.4. The monoisotopic (exact) mass is 290 g/mol. The summed E-state index contributed by atoms with van der Waals surface area (Å²) in [6.07, 6.45) is -1.07. The predicted molar refractivity (Wildman–Crippen MR) is 65.4 cm³/mol. The van der Waals surface area contributed by atoms with Gasteiger partial charge in [-0.05, 0) is 6.92 Å². The molecule has 0 bridgehead atoms. The Morgan fingerprint density at radius 1 is 1.20 bits per heavy atom. The number of esters is 2. The lowest BCUT2D eigenvalue weighted by molar-refractivity contribution is -0.155.